The van der Waals surface area contributed by atoms with Gasteiger partial charge in [-0.1, -0.05) is 0 Å². The van der Waals surface area contributed by atoms with Crippen molar-refractivity contribution in [1.82, 2.24) is 0 Å². The van der Waals surface area contributed by atoms with Crippen LogP contribution in [0.4, 0.5) is 5.69 Å². The summed E-state index contributed by atoms with van der Waals surface area (Å²) in [6.45, 7) is 3.19. The van der Waals surface area contributed by atoms with Crippen LogP contribution in [0.25, 0.3) is 0 Å². The Labute approximate surface area is 111 Å². The molecule has 0 unspecified atom stereocenters. The van der Waals surface area contributed by atoms with Crippen LogP contribution in [-0.4, -0.2) is 31.8 Å². The van der Waals surface area contributed by atoms with Crippen LogP contribution in [0.15, 0.2) is 18.2 Å². The Morgan fingerprint density at radius 3 is 2.58 bits per heavy atom. The molecule has 0 bridgehead atoms. The lowest BCUT2D eigenvalue weighted by Gasteiger charge is -2.12. The average molecular weight is 267 g/mol. The van der Waals surface area contributed by atoms with Crippen molar-refractivity contribution in [3.05, 3.63) is 23.8 Å². The highest BCUT2D eigenvalue weighted by atomic mass is 16.6. The van der Waals surface area contributed by atoms with Gasteiger partial charge in [0.25, 0.3) is 0 Å². The first-order chi connectivity index (χ1) is 8.93. The molecule has 0 fully saturated rings. The summed E-state index contributed by atoms with van der Waals surface area (Å²) >= 11 is 0. The van der Waals surface area contributed by atoms with E-state index >= 15 is 0 Å². The lowest BCUT2D eigenvalue weighted by atomic mass is 10.2. The largest absolute Gasteiger partial charge is 0.481 e. The molecule has 19 heavy (non-hydrogen) atoms. The van der Waals surface area contributed by atoms with Crippen molar-refractivity contribution in [3.63, 3.8) is 0 Å². The molecule has 1 rings (SSSR count). The summed E-state index contributed by atoms with van der Waals surface area (Å²) in [4.78, 5) is 22.9. The van der Waals surface area contributed by atoms with Gasteiger partial charge in [0.1, 0.15) is 11.3 Å². The average Bonchev–Trinajstić information content (AvgIpc) is 2.35. The van der Waals surface area contributed by atoms with Crippen molar-refractivity contribution in [2.24, 2.45) is 0 Å². The fourth-order valence-electron chi connectivity index (χ4n) is 1.38. The summed E-state index contributed by atoms with van der Waals surface area (Å²) in [5.74, 6) is -0.871. The molecule has 0 aliphatic carbocycles. The number of methoxy groups -OCH3 is 1. The first-order valence-corrected chi connectivity index (χ1v) is 5.74. The Balaban J connectivity index is 2.78. The van der Waals surface area contributed by atoms with E-state index in [1.807, 2.05) is 0 Å². The van der Waals surface area contributed by atoms with Crippen molar-refractivity contribution in [1.29, 1.82) is 0 Å². The molecule has 0 saturated heterocycles. The second kappa shape index (κ2) is 6.63. The van der Waals surface area contributed by atoms with Gasteiger partial charge < -0.3 is 19.9 Å². The van der Waals surface area contributed by atoms with E-state index in [4.69, 9.17) is 15.2 Å². The molecule has 6 nitrogen and oxygen atoms in total. The van der Waals surface area contributed by atoms with Gasteiger partial charge in [0.2, 0.25) is 0 Å². The van der Waals surface area contributed by atoms with Crippen molar-refractivity contribution in [3.8, 4) is 5.75 Å². The van der Waals surface area contributed by atoms with E-state index in [0.29, 0.717) is 5.69 Å². The highest BCUT2D eigenvalue weighted by Gasteiger charge is 2.15. The zero-order valence-corrected chi connectivity index (χ0v) is 11.1. The van der Waals surface area contributed by atoms with Gasteiger partial charge in [-0.25, -0.2) is 9.59 Å². The first-order valence-electron chi connectivity index (χ1n) is 5.74. The van der Waals surface area contributed by atoms with Crippen LogP contribution >= 0.6 is 0 Å². The molecular weight excluding hydrogens is 250 g/mol. The third-order valence-corrected chi connectivity index (χ3v) is 2.12. The SMILES string of the molecule is COC(=O)c1cc(N)ccc1OCC(=O)OC(C)C. The van der Waals surface area contributed by atoms with Crippen LogP contribution in [0.5, 0.6) is 5.75 Å². The molecule has 2 N–H and O–H groups in total. The lowest BCUT2D eigenvalue weighted by Crippen LogP contribution is -2.19. The summed E-state index contributed by atoms with van der Waals surface area (Å²) < 4.78 is 14.8. The van der Waals surface area contributed by atoms with E-state index in [1.54, 1.807) is 19.9 Å². The van der Waals surface area contributed by atoms with Gasteiger partial charge >= 0.3 is 11.9 Å². The normalized spacial score (nSPS) is 10.1. The molecule has 104 valence electrons. The number of nitrogens with two attached hydrogens (primary N) is 1. The fraction of sp³-hybridized carbons (Fsp3) is 0.385. The van der Waals surface area contributed by atoms with E-state index in [2.05, 4.69) is 4.74 Å². The van der Waals surface area contributed by atoms with Gasteiger partial charge in [-0.3, -0.25) is 0 Å². The van der Waals surface area contributed by atoms with Crippen LogP contribution in [0.1, 0.15) is 24.2 Å². The summed E-state index contributed by atoms with van der Waals surface area (Å²) in [6.07, 6.45) is -0.220. The number of anilines is 1. The molecular formula is C13H17NO5. The lowest BCUT2D eigenvalue weighted by molar-refractivity contribution is -0.149. The van der Waals surface area contributed by atoms with E-state index in [1.165, 1.54) is 19.2 Å². The van der Waals surface area contributed by atoms with Crippen LogP contribution in [0, 0.1) is 0 Å². The number of hydrogen-bond donors (Lipinski definition) is 1. The molecule has 0 saturated carbocycles. The molecule has 0 amide bonds. The predicted molar refractivity (Wildman–Crippen MR) is 68.9 cm³/mol. The Morgan fingerprint density at radius 1 is 1.32 bits per heavy atom. The Bertz CT molecular complexity index is 470. The third-order valence-electron chi connectivity index (χ3n) is 2.12. The minimum absolute atomic E-state index is 0.167. The van der Waals surface area contributed by atoms with Crippen LogP contribution in [0.2, 0.25) is 0 Å². The number of benzene rings is 1. The number of carbonyl (C=O) groups is 2. The zero-order chi connectivity index (χ0) is 14.4. The van der Waals surface area contributed by atoms with Gasteiger partial charge in [-0.05, 0) is 32.0 Å². The Kier molecular flexibility index (Phi) is 5.17. The molecule has 0 radical (unpaired) electrons. The van der Waals surface area contributed by atoms with E-state index in [0.717, 1.165) is 0 Å². The number of nitrogen functional groups attached to an aromatic ring is 1. The maximum atomic E-state index is 11.5. The van der Waals surface area contributed by atoms with Crippen LogP contribution in [0.3, 0.4) is 0 Å². The second-order valence-electron chi connectivity index (χ2n) is 4.07. The summed E-state index contributed by atoms with van der Waals surface area (Å²) in [5.41, 5.74) is 6.15. The highest BCUT2D eigenvalue weighted by molar-refractivity contribution is 5.93. The highest BCUT2D eigenvalue weighted by Crippen LogP contribution is 2.22. The van der Waals surface area contributed by atoms with Crippen molar-refractivity contribution >= 4 is 17.6 Å². The molecule has 1 aromatic carbocycles. The molecule has 0 heterocycles. The number of rotatable bonds is 5. The van der Waals surface area contributed by atoms with Crippen molar-refractivity contribution in [2.75, 3.05) is 19.5 Å². The van der Waals surface area contributed by atoms with Crippen LogP contribution in [-0.2, 0) is 14.3 Å². The molecule has 1 aromatic rings. The van der Waals surface area contributed by atoms with Crippen molar-refractivity contribution in [2.45, 2.75) is 20.0 Å². The van der Waals surface area contributed by atoms with Gasteiger partial charge in [-0.15, -0.1) is 0 Å². The molecule has 0 atom stereocenters. The summed E-state index contributed by atoms with van der Waals surface area (Å²) in [7, 11) is 1.25. The fourth-order valence-corrected chi connectivity index (χ4v) is 1.38. The Hall–Kier alpha value is -2.24. The molecule has 0 aliphatic heterocycles. The quantitative estimate of drug-likeness (QED) is 0.640. The first kappa shape index (κ1) is 14.8. The topological polar surface area (TPSA) is 87.9 Å². The van der Waals surface area contributed by atoms with E-state index in [9.17, 15) is 9.59 Å². The number of hydrogen-bond acceptors (Lipinski definition) is 6. The monoisotopic (exact) mass is 267 g/mol. The van der Waals surface area contributed by atoms with Gasteiger partial charge in [0, 0.05) is 5.69 Å². The standard InChI is InChI=1S/C13H17NO5/c1-8(2)19-12(15)7-18-11-5-4-9(14)6-10(11)13(16)17-3/h4-6,8H,7,14H2,1-3H3. The number of esters is 2. The van der Waals surface area contributed by atoms with Crippen molar-refractivity contribution < 1.29 is 23.8 Å². The zero-order valence-electron chi connectivity index (χ0n) is 11.1. The third kappa shape index (κ3) is 4.50. The molecule has 0 aromatic heterocycles. The molecule has 6 heteroatoms. The summed E-state index contributed by atoms with van der Waals surface area (Å²) in [6, 6.07) is 4.49. The second-order valence-corrected chi connectivity index (χ2v) is 4.07. The maximum absolute atomic E-state index is 11.5. The number of ether oxygens (including phenoxy) is 3. The minimum Gasteiger partial charge on any atom is -0.481 e. The Morgan fingerprint density at radius 2 is 2.00 bits per heavy atom. The predicted octanol–water partition coefficient (Wildman–Crippen LogP) is 1.39. The van der Waals surface area contributed by atoms with Gasteiger partial charge in [-0.2, -0.15) is 0 Å². The minimum atomic E-state index is -0.584. The number of carbonyl (C=O) groups excluding carboxylic acids is 2. The van der Waals surface area contributed by atoms with Crippen LogP contribution < -0.4 is 10.5 Å². The summed E-state index contributed by atoms with van der Waals surface area (Å²) in [5, 5.41) is 0. The smallest absolute Gasteiger partial charge is 0.344 e. The maximum Gasteiger partial charge on any atom is 0.344 e. The van der Waals surface area contributed by atoms with Gasteiger partial charge in [0.15, 0.2) is 6.61 Å². The van der Waals surface area contributed by atoms with E-state index < -0.39 is 11.9 Å². The van der Waals surface area contributed by atoms with Gasteiger partial charge in [0.05, 0.1) is 13.2 Å². The molecule has 0 aliphatic rings. The molecule has 0 spiro atoms. The van der Waals surface area contributed by atoms with E-state index in [-0.39, 0.29) is 24.0 Å².